The largest absolute Gasteiger partial charge is 0.491 e. The molecular weight excluding hydrogens is 302 g/mol. The summed E-state index contributed by atoms with van der Waals surface area (Å²) in [6, 6.07) is 6.83. The molecule has 0 spiro atoms. The molecule has 0 heterocycles. The second-order valence-electron chi connectivity index (χ2n) is 4.19. The molecule has 0 unspecified atom stereocenters. The molecule has 0 atom stereocenters. The average molecular weight is 322 g/mol. The van der Waals surface area contributed by atoms with E-state index in [9.17, 15) is 8.42 Å². The van der Waals surface area contributed by atoms with Crippen LogP contribution in [0.25, 0.3) is 0 Å². The SMILES string of the molecule is COCCOc1cccc(NS(=O)(=O)CCCCCl)c1. The maximum Gasteiger partial charge on any atom is 0.232 e. The van der Waals surface area contributed by atoms with E-state index < -0.39 is 10.0 Å². The van der Waals surface area contributed by atoms with Crippen LogP contribution in [0.5, 0.6) is 5.75 Å². The van der Waals surface area contributed by atoms with Gasteiger partial charge in [-0.1, -0.05) is 6.07 Å². The van der Waals surface area contributed by atoms with Crippen molar-refractivity contribution in [3.8, 4) is 5.75 Å². The first-order valence-electron chi connectivity index (χ1n) is 6.35. The lowest BCUT2D eigenvalue weighted by Gasteiger charge is -2.10. The number of rotatable bonds is 10. The van der Waals surface area contributed by atoms with Crippen molar-refractivity contribution in [2.45, 2.75) is 12.8 Å². The molecule has 20 heavy (non-hydrogen) atoms. The lowest BCUT2D eigenvalue weighted by Crippen LogP contribution is -2.16. The van der Waals surface area contributed by atoms with Gasteiger partial charge in [-0.2, -0.15) is 0 Å². The van der Waals surface area contributed by atoms with Gasteiger partial charge in [0.05, 0.1) is 18.0 Å². The van der Waals surface area contributed by atoms with Crippen molar-refractivity contribution in [2.24, 2.45) is 0 Å². The molecule has 1 aromatic carbocycles. The Bertz CT molecular complexity index is 493. The molecule has 1 rings (SSSR count). The molecule has 0 saturated heterocycles. The van der Waals surface area contributed by atoms with Crippen LogP contribution in [0.4, 0.5) is 5.69 Å². The van der Waals surface area contributed by atoms with E-state index in [0.29, 0.717) is 43.4 Å². The van der Waals surface area contributed by atoms with Crippen LogP contribution in [0, 0.1) is 0 Å². The van der Waals surface area contributed by atoms with Crippen LogP contribution in [0.3, 0.4) is 0 Å². The number of hydrogen-bond acceptors (Lipinski definition) is 4. The van der Waals surface area contributed by atoms with Crippen molar-refractivity contribution in [1.29, 1.82) is 0 Å². The molecule has 0 aliphatic carbocycles. The molecule has 0 aromatic heterocycles. The second kappa shape index (κ2) is 9.05. The van der Waals surface area contributed by atoms with E-state index in [4.69, 9.17) is 21.1 Å². The molecular formula is C13H20ClNO4S. The monoisotopic (exact) mass is 321 g/mol. The predicted octanol–water partition coefficient (Wildman–Crippen LogP) is 2.47. The zero-order chi connectivity index (χ0) is 14.8. The molecule has 0 aliphatic heterocycles. The summed E-state index contributed by atoms with van der Waals surface area (Å²) < 4.78 is 36.5. The van der Waals surface area contributed by atoms with Crippen LogP contribution >= 0.6 is 11.6 Å². The third kappa shape index (κ3) is 6.98. The van der Waals surface area contributed by atoms with E-state index in [2.05, 4.69) is 4.72 Å². The average Bonchev–Trinajstić information content (AvgIpc) is 2.39. The van der Waals surface area contributed by atoms with Crippen molar-refractivity contribution in [3.05, 3.63) is 24.3 Å². The van der Waals surface area contributed by atoms with E-state index in [0.717, 1.165) is 0 Å². The molecule has 1 N–H and O–H groups in total. The van der Waals surface area contributed by atoms with E-state index in [1.54, 1.807) is 31.4 Å². The van der Waals surface area contributed by atoms with Crippen molar-refractivity contribution in [1.82, 2.24) is 0 Å². The van der Waals surface area contributed by atoms with Crippen LogP contribution in [0.2, 0.25) is 0 Å². The first kappa shape index (κ1) is 17.1. The molecule has 0 aliphatic rings. The van der Waals surface area contributed by atoms with Crippen molar-refractivity contribution in [2.75, 3.05) is 36.7 Å². The van der Waals surface area contributed by atoms with Gasteiger partial charge in [0.1, 0.15) is 12.4 Å². The Morgan fingerprint density at radius 3 is 2.75 bits per heavy atom. The van der Waals surface area contributed by atoms with Crippen LogP contribution in [0.1, 0.15) is 12.8 Å². The van der Waals surface area contributed by atoms with Gasteiger partial charge in [0.15, 0.2) is 0 Å². The van der Waals surface area contributed by atoms with Crippen molar-refractivity contribution >= 4 is 27.3 Å². The minimum atomic E-state index is -3.34. The normalized spacial score (nSPS) is 11.3. The third-order valence-corrected chi connectivity index (χ3v) is 4.10. The molecule has 0 radical (unpaired) electrons. The highest BCUT2D eigenvalue weighted by atomic mass is 35.5. The summed E-state index contributed by atoms with van der Waals surface area (Å²) in [5, 5.41) is 0. The first-order chi connectivity index (χ1) is 9.57. The topological polar surface area (TPSA) is 64.6 Å². The molecule has 0 saturated carbocycles. The molecule has 0 fully saturated rings. The number of unbranched alkanes of at least 4 members (excludes halogenated alkanes) is 1. The summed E-state index contributed by atoms with van der Waals surface area (Å²) >= 11 is 5.53. The highest BCUT2D eigenvalue weighted by molar-refractivity contribution is 7.92. The molecule has 0 bridgehead atoms. The Labute approximate surface area is 125 Å². The number of alkyl halides is 1. The van der Waals surface area contributed by atoms with Crippen LogP contribution < -0.4 is 9.46 Å². The third-order valence-electron chi connectivity index (χ3n) is 2.46. The minimum Gasteiger partial charge on any atom is -0.491 e. The maximum absolute atomic E-state index is 11.8. The summed E-state index contributed by atoms with van der Waals surface area (Å²) in [6.45, 7) is 0.900. The zero-order valence-corrected chi connectivity index (χ0v) is 13.0. The van der Waals surface area contributed by atoms with Crippen molar-refractivity contribution < 1.29 is 17.9 Å². The minimum absolute atomic E-state index is 0.0640. The fraction of sp³-hybridized carbons (Fsp3) is 0.538. The van der Waals surface area contributed by atoms with Crippen LogP contribution in [-0.4, -0.2) is 40.4 Å². The molecule has 1 aromatic rings. The summed E-state index contributed by atoms with van der Waals surface area (Å²) in [4.78, 5) is 0. The maximum atomic E-state index is 11.8. The fourth-order valence-corrected chi connectivity index (χ4v) is 2.87. The van der Waals surface area contributed by atoms with Gasteiger partial charge in [-0.25, -0.2) is 8.42 Å². The van der Waals surface area contributed by atoms with Crippen LogP contribution in [0.15, 0.2) is 24.3 Å². The van der Waals surface area contributed by atoms with E-state index in [1.807, 2.05) is 0 Å². The standard InChI is InChI=1S/C13H20ClNO4S/c1-18-8-9-19-13-6-4-5-12(11-13)15-20(16,17)10-3-2-7-14/h4-6,11,15H,2-3,7-10H2,1H3. The summed E-state index contributed by atoms with van der Waals surface area (Å²) in [5.41, 5.74) is 0.491. The Kier molecular flexibility index (Phi) is 7.72. The van der Waals surface area contributed by atoms with Gasteiger partial charge in [0, 0.05) is 19.1 Å². The smallest absolute Gasteiger partial charge is 0.232 e. The van der Waals surface area contributed by atoms with E-state index >= 15 is 0 Å². The number of nitrogens with one attached hydrogen (secondary N) is 1. The Balaban J connectivity index is 2.56. The second-order valence-corrected chi connectivity index (χ2v) is 6.41. The summed E-state index contributed by atoms with van der Waals surface area (Å²) in [5.74, 6) is 1.13. The molecule has 114 valence electrons. The highest BCUT2D eigenvalue weighted by Crippen LogP contribution is 2.18. The molecule has 7 heteroatoms. The zero-order valence-electron chi connectivity index (χ0n) is 11.5. The number of benzene rings is 1. The number of sulfonamides is 1. The number of hydrogen-bond donors (Lipinski definition) is 1. The van der Waals surface area contributed by atoms with E-state index in [-0.39, 0.29) is 5.75 Å². The number of anilines is 1. The van der Waals surface area contributed by atoms with Gasteiger partial charge >= 0.3 is 0 Å². The quantitative estimate of drug-likeness (QED) is 0.531. The van der Waals surface area contributed by atoms with Gasteiger partial charge < -0.3 is 9.47 Å². The van der Waals surface area contributed by atoms with Gasteiger partial charge in [-0.05, 0) is 25.0 Å². The Morgan fingerprint density at radius 2 is 2.05 bits per heavy atom. The Hall–Kier alpha value is -0.980. The summed E-state index contributed by atoms with van der Waals surface area (Å²) in [7, 11) is -1.75. The van der Waals surface area contributed by atoms with Gasteiger partial charge in [-0.15, -0.1) is 11.6 Å². The van der Waals surface area contributed by atoms with Gasteiger partial charge in [0.2, 0.25) is 10.0 Å². The fourth-order valence-electron chi connectivity index (χ4n) is 1.51. The predicted molar refractivity (Wildman–Crippen MR) is 81.2 cm³/mol. The molecule has 5 nitrogen and oxygen atoms in total. The Morgan fingerprint density at radius 1 is 1.25 bits per heavy atom. The van der Waals surface area contributed by atoms with E-state index in [1.165, 1.54) is 0 Å². The van der Waals surface area contributed by atoms with Gasteiger partial charge in [0.25, 0.3) is 0 Å². The number of methoxy groups -OCH3 is 1. The molecule has 0 amide bonds. The lowest BCUT2D eigenvalue weighted by atomic mass is 10.3. The number of halogens is 1. The van der Waals surface area contributed by atoms with Crippen LogP contribution in [-0.2, 0) is 14.8 Å². The van der Waals surface area contributed by atoms with Crippen molar-refractivity contribution in [3.63, 3.8) is 0 Å². The lowest BCUT2D eigenvalue weighted by molar-refractivity contribution is 0.146. The highest BCUT2D eigenvalue weighted by Gasteiger charge is 2.10. The number of ether oxygens (including phenoxy) is 2. The first-order valence-corrected chi connectivity index (χ1v) is 8.54. The summed E-state index contributed by atoms with van der Waals surface area (Å²) in [6.07, 6.45) is 1.23. The van der Waals surface area contributed by atoms with Gasteiger partial charge in [-0.3, -0.25) is 4.72 Å².